The highest BCUT2D eigenvalue weighted by Crippen LogP contribution is 2.26. The Labute approximate surface area is 68.2 Å². The number of hydrogen-bond donors (Lipinski definition) is 0. The molecule has 0 aromatic heterocycles. The zero-order chi connectivity index (χ0) is 8.16. The van der Waals surface area contributed by atoms with Gasteiger partial charge in [0.2, 0.25) is 0 Å². The fourth-order valence-electron chi connectivity index (χ4n) is 1.43. The van der Waals surface area contributed by atoms with Crippen LogP contribution in [0.5, 0.6) is 0 Å². The molecule has 0 atom stereocenters. The smallest absolute Gasteiger partial charge is 0.170 e. The maximum atomic E-state index is 5.33. The van der Waals surface area contributed by atoms with Gasteiger partial charge in [0.15, 0.2) is 5.79 Å². The van der Waals surface area contributed by atoms with E-state index in [1.54, 1.807) is 14.2 Å². The predicted octanol–water partition coefficient (Wildman–Crippen LogP) is 2.11. The fourth-order valence-corrected chi connectivity index (χ4v) is 1.43. The molecular weight excluding hydrogens is 140 g/mol. The second kappa shape index (κ2) is 3.88. The van der Waals surface area contributed by atoms with Crippen LogP contribution in [-0.4, -0.2) is 20.0 Å². The Morgan fingerprint density at radius 2 is 1.91 bits per heavy atom. The van der Waals surface area contributed by atoms with Crippen molar-refractivity contribution in [3.63, 3.8) is 0 Å². The van der Waals surface area contributed by atoms with E-state index in [0.717, 1.165) is 25.7 Å². The van der Waals surface area contributed by atoms with Gasteiger partial charge in [0, 0.05) is 27.1 Å². The molecule has 1 aliphatic rings. The van der Waals surface area contributed by atoms with E-state index in [1.807, 2.05) is 0 Å². The Bertz CT molecular complexity index is 136. The van der Waals surface area contributed by atoms with Crippen molar-refractivity contribution >= 4 is 0 Å². The van der Waals surface area contributed by atoms with Gasteiger partial charge >= 0.3 is 0 Å². The summed E-state index contributed by atoms with van der Waals surface area (Å²) in [6.07, 6.45) is 8.50. The molecule has 1 rings (SSSR count). The first-order valence-corrected chi connectivity index (χ1v) is 4.08. The molecule has 1 aliphatic carbocycles. The summed E-state index contributed by atoms with van der Waals surface area (Å²) >= 11 is 0. The molecule has 0 fully saturated rings. The molecular formula is C9H16O2. The van der Waals surface area contributed by atoms with Crippen molar-refractivity contribution in [2.24, 2.45) is 0 Å². The molecule has 0 N–H and O–H groups in total. The van der Waals surface area contributed by atoms with Crippen LogP contribution in [0.15, 0.2) is 12.2 Å². The maximum absolute atomic E-state index is 5.33. The van der Waals surface area contributed by atoms with E-state index >= 15 is 0 Å². The third-order valence-corrected chi connectivity index (χ3v) is 2.27. The van der Waals surface area contributed by atoms with Crippen molar-refractivity contribution in [1.29, 1.82) is 0 Å². The SMILES string of the molecule is COC1(OC)CC=CCCC1. The van der Waals surface area contributed by atoms with Crippen LogP contribution in [0.3, 0.4) is 0 Å². The highest BCUT2D eigenvalue weighted by atomic mass is 16.7. The molecule has 0 saturated carbocycles. The Balaban J connectivity index is 2.57. The Kier molecular flexibility index (Phi) is 3.09. The quantitative estimate of drug-likeness (QED) is 0.450. The summed E-state index contributed by atoms with van der Waals surface area (Å²) in [4.78, 5) is 0. The molecule has 0 radical (unpaired) electrons. The lowest BCUT2D eigenvalue weighted by molar-refractivity contribution is -0.207. The summed E-state index contributed by atoms with van der Waals surface area (Å²) in [5, 5.41) is 0. The van der Waals surface area contributed by atoms with Crippen molar-refractivity contribution in [2.45, 2.75) is 31.5 Å². The normalized spacial score (nSPS) is 23.1. The zero-order valence-corrected chi connectivity index (χ0v) is 7.30. The molecule has 0 bridgehead atoms. The first-order chi connectivity index (χ1) is 5.33. The molecule has 0 heterocycles. The Hall–Kier alpha value is -0.340. The fraction of sp³-hybridized carbons (Fsp3) is 0.778. The first kappa shape index (κ1) is 8.75. The second-order valence-corrected chi connectivity index (χ2v) is 2.89. The van der Waals surface area contributed by atoms with Crippen molar-refractivity contribution < 1.29 is 9.47 Å². The molecule has 0 saturated heterocycles. The molecule has 2 heteroatoms. The van der Waals surface area contributed by atoms with Gasteiger partial charge in [0.1, 0.15) is 0 Å². The van der Waals surface area contributed by atoms with E-state index in [9.17, 15) is 0 Å². The summed E-state index contributed by atoms with van der Waals surface area (Å²) in [5.41, 5.74) is 0. The largest absolute Gasteiger partial charge is 0.353 e. The summed E-state index contributed by atoms with van der Waals surface area (Å²) in [7, 11) is 3.42. The van der Waals surface area contributed by atoms with E-state index in [4.69, 9.17) is 9.47 Å². The highest BCUT2D eigenvalue weighted by Gasteiger charge is 2.28. The number of allylic oxidation sites excluding steroid dienone is 1. The molecule has 0 aromatic rings. The highest BCUT2D eigenvalue weighted by molar-refractivity contribution is 4.91. The number of hydrogen-bond acceptors (Lipinski definition) is 2. The summed E-state index contributed by atoms with van der Waals surface area (Å²) in [6.45, 7) is 0. The number of rotatable bonds is 2. The van der Waals surface area contributed by atoms with Crippen molar-refractivity contribution in [3.05, 3.63) is 12.2 Å². The zero-order valence-electron chi connectivity index (χ0n) is 7.30. The van der Waals surface area contributed by atoms with Crippen LogP contribution in [-0.2, 0) is 9.47 Å². The van der Waals surface area contributed by atoms with Gasteiger partial charge in [-0.1, -0.05) is 12.2 Å². The average molecular weight is 156 g/mol. The molecule has 0 unspecified atom stereocenters. The van der Waals surface area contributed by atoms with Crippen molar-refractivity contribution in [3.8, 4) is 0 Å². The second-order valence-electron chi connectivity index (χ2n) is 2.89. The summed E-state index contributed by atoms with van der Waals surface area (Å²) in [5.74, 6) is -0.340. The minimum absolute atomic E-state index is 0.340. The number of ether oxygens (including phenoxy) is 2. The molecule has 0 spiro atoms. The van der Waals surface area contributed by atoms with Gasteiger partial charge in [-0.05, 0) is 12.8 Å². The average Bonchev–Trinajstić information content (AvgIpc) is 2.30. The molecule has 2 nitrogen and oxygen atoms in total. The van der Waals surface area contributed by atoms with Gasteiger partial charge in [0.25, 0.3) is 0 Å². The Morgan fingerprint density at radius 1 is 1.18 bits per heavy atom. The van der Waals surface area contributed by atoms with Gasteiger partial charge in [0.05, 0.1) is 0 Å². The molecule has 11 heavy (non-hydrogen) atoms. The van der Waals surface area contributed by atoms with Gasteiger partial charge in [-0.2, -0.15) is 0 Å². The van der Waals surface area contributed by atoms with Crippen LogP contribution in [0.25, 0.3) is 0 Å². The standard InChI is InChI=1S/C9H16O2/c1-10-9(11-2)7-5-3-4-6-8-9/h3,5H,4,6-8H2,1-2H3. The lowest BCUT2D eigenvalue weighted by Gasteiger charge is -2.28. The summed E-state index contributed by atoms with van der Waals surface area (Å²) < 4.78 is 10.7. The van der Waals surface area contributed by atoms with E-state index in [1.165, 1.54) is 0 Å². The van der Waals surface area contributed by atoms with E-state index in [0.29, 0.717) is 0 Å². The van der Waals surface area contributed by atoms with Crippen molar-refractivity contribution in [1.82, 2.24) is 0 Å². The first-order valence-electron chi connectivity index (χ1n) is 4.08. The molecule has 0 aromatic carbocycles. The van der Waals surface area contributed by atoms with Crippen LogP contribution in [0.1, 0.15) is 25.7 Å². The van der Waals surface area contributed by atoms with Crippen molar-refractivity contribution in [2.75, 3.05) is 14.2 Å². The minimum atomic E-state index is -0.340. The monoisotopic (exact) mass is 156 g/mol. The van der Waals surface area contributed by atoms with E-state index in [2.05, 4.69) is 12.2 Å². The molecule has 0 amide bonds. The maximum Gasteiger partial charge on any atom is 0.170 e. The van der Waals surface area contributed by atoms with Gasteiger partial charge < -0.3 is 9.47 Å². The van der Waals surface area contributed by atoms with Crippen LogP contribution in [0.2, 0.25) is 0 Å². The van der Waals surface area contributed by atoms with Crippen LogP contribution >= 0.6 is 0 Å². The number of methoxy groups -OCH3 is 2. The summed E-state index contributed by atoms with van der Waals surface area (Å²) in [6, 6.07) is 0. The van der Waals surface area contributed by atoms with E-state index in [-0.39, 0.29) is 5.79 Å². The van der Waals surface area contributed by atoms with Crippen LogP contribution < -0.4 is 0 Å². The predicted molar refractivity (Wildman–Crippen MR) is 44.4 cm³/mol. The minimum Gasteiger partial charge on any atom is -0.353 e. The third-order valence-electron chi connectivity index (χ3n) is 2.27. The molecule has 0 aliphatic heterocycles. The van der Waals surface area contributed by atoms with Crippen LogP contribution in [0.4, 0.5) is 0 Å². The third kappa shape index (κ3) is 2.04. The van der Waals surface area contributed by atoms with Gasteiger partial charge in [-0.25, -0.2) is 0 Å². The lowest BCUT2D eigenvalue weighted by atomic mass is 10.1. The lowest BCUT2D eigenvalue weighted by Crippen LogP contribution is -2.32. The topological polar surface area (TPSA) is 18.5 Å². The van der Waals surface area contributed by atoms with Crippen LogP contribution in [0, 0.1) is 0 Å². The Morgan fingerprint density at radius 3 is 2.55 bits per heavy atom. The van der Waals surface area contributed by atoms with Gasteiger partial charge in [-0.15, -0.1) is 0 Å². The molecule has 64 valence electrons. The van der Waals surface area contributed by atoms with Gasteiger partial charge in [-0.3, -0.25) is 0 Å². The van der Waals surface area contributed by atoms with E-state index < -0.39 is 0 Å².